The Labute approximate surface area is 100 Å². The summed E-state index contributed by atoms with van der Waals surface area (Å²) in [5.41, 5.74) is 0. The molecule has 0 aliphatic rings. The maximum absolute atomic E-state index is 10.4. The number of hydrogen-bond acceptors (Lipinski definition) is 2. The van der Waals surface area contributed by atoms with Crippen molar-refractivity contribution in [1.29, 1.82) is 0 Å². The quantitative estimate of drug-likeness (QED) is 0.249. The van der Waals surface area contributed by atoms with Crippen LogP contribution in [0.15, 0.2) is 12.2 Å². The number of allylic oxidation sites excluding steroid dienone is 2. The first-order valence-electron chi connectivity index (χ1n) is 3.92. The Kier molecular flexibility index (Phi) is 6.93. The van der Waals surface area contributed by atoms with Gasteiger partial charge in [-0.15, -0.1) is 0 Å². The molecule has 1 radical (unpaired) electrons. The molecule has 0 amide bonds. The molecule has 0 aliphatic carbocycles. The number of nitrogens with zero attached hydrogens (tertiary/aromatic N) is 1. The first-order valence-corrected chi connectivity index (χ1v) is 6.08. The number of nitro groups is 1. The molecule has 0 aromatic carbocycles. The van der Waals surface area contributed by atoms with Crippen LogP contribution in [0.5, 0.6) is 0 Å². The molecule has 3 nitrogen and oxygen atoms in total. The van der Waals surface area contributed by atoms with Crippen molar-refractivity contribution in [2.24, 2.45) is 0 Å². The minimum Gasteiger partial charge on any atom is -0.264 e. The van der Waals surface area contributed by atoms with Gasteiger partial charge in [0.2, 0.25) is 6.04 Å². The second-order valence-electron chi connectivity index (χ2n) is 2.58. The maximum Gasteiger partial charge on any atom is 0.227 e. The number of alkyl halides is 2. The zero-order valence-electron chi connectivity index (χ0n) is 7.32. The molecule has 0 rings (SSSR count). The lowest BCUT2D eigenvalue weighted by molar-refractivity contribution is -0.508. The number of hydrogen-bond donors (Lipinski definition) is 0. The van der Waals surface area contributed by atoms with Crippen LogP contribution in [0.25, 0.3) is 0 Å². The van der Waals surface area contributed by atoms with Crippen LogP contribution in [0.4, 0.5) is 0 Å². The average molecular weight is 361 g/mol. The van der Waals surface area contributed by atoms with E-state index in [0.717, 1.165) is 6.42 Å². The van der Waals surface area contributed by atoms with E-state index in [9.17, 15) is 10.1 Å². The van der Waals surface area contributed by atoms with Crippen molar-refractivity contribution in [2.75, 3.05) is 0 Å². The molecule has 0 spiro atoms. The Morgan fingerprint density at radius 1 is 1.77 bits per heavy atom. The van der Waals surface area contributed by atoms with Crippen LogP contribution in [0.2, 0.25) is 0 Å². The lowest BCUT2D eigenvalue weighted by Gasteiger charge is -2.14. The highest BCUT2D eigenvalue weighted by molar-refractivity contribution is 14.1. The van der Waals surface area contributed by atoms with Crippen LogP contribution in [0.1, 0.15) is 13.3 Å². The van der Waals surface area contributed by atoms with Crippen LogP contribution >= 0.6 is 38.5 Å². The van der Waals surface area contributed by atoms with Crippen LogP contribution in [-0.2, 0) is 0 Å². The van der Waals surface area contributed by atoms with Crippen LogP contribution in [0.3, 0.4) is 0 Å². The monoisotopic (exact) mass is 360 g/mol. The van der Waals surface area contributed by atoms with Gasteiger partial charge < -0.3 is 0 Å². The molecule has 3 atom stereocenters. The molecule has 5 heteroatoms. The molecule has 0 heterocycles. The van der Waals surface area contributed by atoms with E-state index in [2.05, 4.69) is 45.4 Å². The van der Waals surface area contributed by atoms with Gasteiger partial charge in [0.05, 0.1) is 4.83 Å². The third-order valence-corrected chi connectivity index (χ3v) is 4.86. The Morgan fingerprint density at radius 2 is 2.31 bits per heavy atom. The van der Waals surface area contributed by atoms with E-state index < -0.39 is 6.04 Å². The van der Waals surface area contributed by atoms with E-state index in [0.29, 0.717) is 0 Å². The first kappa shape index (κ1) is 13.4. The van der Waals surface area contributed by atoms with Crippen molar-refractivity contribution in [3.63, 3.8) is 0 Å². The predicted octanol–water partition coefficient (Wildman–Crippen LogP) is 3.00. The van der Waals surface area contributed by atoms with Gasteiger partial charge in [0.15, 0.2) is 0 Å². The Bertz CT molecular complexity index is 199. The molecule has 0 fully saturated rings. The topological polar surface area (TPSA) is 43.1 Å². The maximum atomic E-state index is 10.4. The SMILES string of the molecule is [CH2]C(C(Br)C(I)C=CCC)[N+](=O)[O-]. The third-order valence-electron chi connectivity index (χ3n) is 1.50. The van der Waals surface area contributed by atoms with Gasteiger partial charge in [0.25, 0.3) is 0 Å². The second-order valence-corrected chi connectivity index (χ2v) is 5.07. The van der Waals surface area contributed by atoms with E-state index in [1.807, 2.05) is 19.1 Å². The Morgan fingerprint density at radius 3 is 2.69 bits per heavy atom. The molecule has 0 aromatic heterocycles. The van der Waals surface area contributed by atoms with Gasteiger partial charge in [-0.2, -0.15) is 0 Å². The van der Waals surface area contributed by atoms with Crippen molar-refractivity contribution >= 4 is 38.5 Å². The minimum absolute atomic E-state index is 0.102. The smallest absolute Gasteiger partial charge is 0.227 e. The fraction of sp³-hybridized carbons (Fsp3) is 0.625. The first-order chi connectivity index (χ1) is 6.00. The van der Waals surface area contributed by atoms with Gasteiger partial charge in [-0.1, -0.05) is 57.6 Å². The highest BCUT2D eigenvalue weighted by Gasteiger charge is 2.28. The molecular formula is C8H12BrINO2. The lowest BCUT2D eigenvalue weighted by atomic mass is 10.2. The average Bonchev–Trinajstić information content (AvgIpc) is 2.11. The molecule has 75 valence electrons. The molecule has 3 unspecified atom stereocenters. The molecule has 13 heavy (non-hydrogen) atoms. The minimum atomic E-state index is -0.802. The van der Waals surface area contributed by atoms with Crippen LogP contribution in [-0.4, -0.2) is 19.7 Å². The molecule has 0 saturated carbocycles. The van der Waals surface area contributed by atoms with Gasteiger partial charge in [0, 0.05) is 15.8 Å². The van der Waals surface area contributed by atoms with Gasteiger partial charge in [-0.05, 0) is 6.42 Å². The van der Waals surface area contributed by atoms with Crippen molar-refractivity contribution < 1.29 is 4.92 Å². The van der Waals surface area contributed by atoms with Gasteiger partial charge in [-0.3, -0.25) is 10.1 Å². The molecule has 0 bridgehead atoms. The summed E-state index contributed by atoms with van der Waals surface area (Å²) in [6.07, 6.45) is 4.90. The molecule has 0 aromatic rings. The van der Waals surface area contributed by atoms with E-state index in [4.69, 9.17) is 0 Å². The highest BCUT2D eigenvalue weighted by atomic mass is 127. The van der Waals surface area contributed by atoms with E-state index in [1.165, 1.54) is 0 Å². The Balaban J connectivity index is 4.16. The normalized spacial score (nSPS) is 18.5. The van der Waals surface area contributed by atoms with E-state index in [-0.39, 0.29) is 13.7 Å². The summed E-state index contributed by atoms with van der Waals surface area (Å²) in [6, 6.07) is -0.802. The largest absolute Gasteiger partial charge is 0.264 e. The van der Waals surface area contributed by atoms with Gasteiger partial charge in [0.1, 0.15) is 0 Å². The third kappa shape index (κ3) is 4.95. The fourth-order valence-corrected chi connectivity index (χ4v) is 1.84. The van der Waals surface area contributed by atoms with Gasteiger partial charge in [-0.25, -0.2) is 0 Å². The van der Waals surface area contributed by atoms with Crippen molar-refractivity contribution in [2.45, 2.75) is 28.1 Å². The highest BCUT2D eigenvalue weighted by Crippen LogP contribution is 2.21. The predicted molar refractivity (Wildman–Crippen MR) is 66.1 cm³/mol. The summed E-state index contributed by atoms with van der Waals surface area (Å²) in [4.78, 5) is 9.82. The summed E-state index contributed by atoms with van der Waals surface area (Å²) in [5, 5.41) is 10.4. The van der Waals surface area contributed by atoms with Gasteiger partial charge >= 0.3 is 0 Å². The molecular weight excluding hydrogens is 349 g/mol. The van der Waals surface area contributed by atoms with Crippen LogP contribution in [0, 0.1) is 17.0 Å². The summed E-state index contributed by atoms with van der Waals surface area (Å²) >= 11 is 5.44. The summed E-state index contributed by atoms with van der Waals surface area (Å²) in [6.45, 7) is 5.51. The lowest BCUT2D eigenvalue weighted by Crippen LogP contribution is -2.32. The van der Waals surface area contributed by atoms with Crippen molar-refractivity contribution in [3.05, 3.63) is 29.2 Å². The standard InChI is InChI=1S/C8H12BrINO2/c1-3-4-5-7(10)8(9)6(2)11(12)13/h4-8H,2-3H2,1H3. The zero-order valence-corrected chi connectivity index (χ0v) is 11.1. The van der Waals surface area contributed by atoms with Crippen LogP contribution < -0.4 is 0 Å². The number of rotatable bonds is 5. The summed E-state index contributed by atoms with van der Waals surface area (Å²) in [7, 11) is 0. The van der Waals surface area contributed by atoms with Crippen molar-refractivity contribution in [3.8, 4) is 0 Å². The molecule has 0 aliphatic heterocycles. The summed E-state index contributed by atoms with van der Waals surface area (Å²) in [5.74, 6) is 0. The number of halogens is 2. The van der Waals surface area contributed by atoms with E-state index in [1.54, 1.807) is 0 Å². The Hall–Kier alpha value is 0.350. The second kappa shape index (κ2) is 6.75. The van der Waals surface area contributed by atoms with Crippen molar-refractivity contribution in [1.82, 2.24) is 0 Å². The summed E-state index contributed by atoms with van der Waals surface area (Å²) < 4.78 is 0.102. The van der Waals surface area contributed by atoms with E-state index >= 15 is 0 Å². The fourth-order valence-electron chi connectivity index (χ4n) is 0.701. The zero-order chi connectivity index (χ0) is 10.4. The molecule has 0 saturated heterocycles. The molecule has 0 N–H and O–H groups in total.